The van der Waals surface area contributed by atoms with Crippen molar-refractivity contribution in [3.63, 3.8) is 0 Å². The maximum absolute atomic E-state index is 5.60. The second kappa shape index (κ2) is 5.54. The van der Waals surface area contributed by atoms with Crippen molar-refractivity contribution < 1.29 is 0 Å². The molecule has 0 bridgehead atoms. The van der Waals surface area contributed by atoms with Gasteiger partial charge in [0, 0.05) is 30.8 Å². The maximum Gasteiger partial charge on any atom is 0.155 e. The number of nitrogens with two attached hydrogens (primary N) is 1. The van der Waals surface area contributed by atoms with Crippen molar-refractivity contribution >= 4 is 23.0 Å². The van der Waals surface area contributed by atoms with Gasteiger partial charge in [0.2, 0.25) is 0 Å². The van der Waals surface area contributed by atoms with Gasteiger partial charge >= 0.3 is 0 Å². The predicted molar refractivity (Wildman–Crippen MR) is 73.2 cm³/mol. The molecule has 7 heteroatoms. The van der Waals surface area contributed by atoms with E-state index >= 15 is 0 Å². The summed E-state index contributed by atoms with van der Waals surface area (Å²) in [5.41, 5.74) is 6.11. The SMILES string of the molecule is CC(Cn1cccn1)Nc1nccnc1C(N)=S. The lowest BCUT2D eigenvalue weighted by molar-refractivity contribution is 0.559. The third-order valence-corrected chi connectivity index (χ3v) is 2.53. The largest absolute Gasteiger partial charge is 0.388 e. The number of hydrogen-bond donors (Lipinski definition) is 2. The molecule has 0 radical (unpaired) electrons. The van der Waals surface area contributed by atoms with Crippen molar-refractivity contribution in [2.75, 3.05) is 5.32 Å². The molecule has 2 aromatic heterocycles. The van der Waals surface area contributed by atoms with Gasteiger partial charge < -0.3 is 11.1 Å². The lowest BCUT2D eigenvalue weighted by Gasteiger charge is -2.16. The van der Waals surface area contributed by atoms with Crippen molar-refractivity contribution in [1.82, 2.24) is 19.7 Å². The van der Waals surface area contributed by atoms with Crippen LogP contribution in [-0.2, 0) is 6.54 Å². The lowest BCUT2D eigenvalue weighted by Crippen LogP contribution is -2.25. The quantitative estimate of drug-likeness (QED) is 0.776. The molecule has 0 saturated heterocycles. The highest BCUT2D eigenvalue weighted by Crippen LogP contribution is 2.10. The summed E-state index contributed by atoms with van der Waals surface area (Å²) in [6, 6.07) is 2.02. The molecule has 2 aromatic rings. The van der Waals surface area contributed by atoms with Gasteiger partial charge in [-0.3, -0.25) is 4.68 Å². The Morgan fingerprint density at radius 2 is 2.22 bits per heavy atom. The number of rotatable bonds is 5. The van der Waals surface area contributed by atoms with Crippen molar-refractivity contribution in [3.05, 3.63) is 36.5 Å². The van der Waals surface area contributed by atoms with E-state index in [1.54, 1.807) is 18.6 Å². The molecule has 2 heterocycles. The molecule has 0 amide bonds. The number of aromatic nitrogens is 4. The number of anilines is 1. The molecular formula is C11H14N6S. The number of thiocarbonyl (C=S) groups is 1. The van der Waals surface area contributed by atoms with Gasteiger partial charge in [0.25, 0.3) is 0 Å². The molecule has 0 aromatic carbocycles. The van der Waals surface area contributed by atoms with E-state index in [4.69, 9.17) is 18.0 Å². The van der Waals surface area contributed by atoms with Crippen molar-refractivity contribution in [2.45, 2.75) is 19.5 Å². The van der Waals surface area contributed by atoms with E-state index < -0.39 is 0 Å². The van der Waals surface area contributed by atoms with Crippen LogP contribution < -0.4 is 11.1 Å². The fraction of sp³-hybridized carbons (Fsp3) is 0.273. The highest BCUT2D eigenvalue weighted by atomic mass is 32.1. The average molecular weight is 262 g/mol. The molecule has 0 spiro atoms. The van der Waals surface area contributed by atoms with E-state index in [1.165, 1.54) is 0 Å². The summed E-state index contributed by atoms with van der Waals surface area (Å²) in [5.74, 6) is 0.602. The monoisotopic (exact) mass is 262 g/mol. The number of nitrogens with one attached hydrogen (secondary N) is 1. The first-order valence-electron chi connectivity index (χ1n) is 5.51. The minimum atomic E-state index is 0.134. The summed E-state index contributed by atoms with van der Waals surface area (Å²) >= 11 is 4.94. The number of hydrogen-bond acceptors (Lipinski definition) is 5. The van der Waals surface area contributed by atoms with Crippen LogP contribution in [0.25, 0.3) is 0 Å². The van der Waals surface area contributed by atoms with Gasteiger partial charge in [0.05, 0.1) is 6.54 Å². The van der Waals surface area contributed by atoms with E-state index in [1.807, 2.05) is 23.9 Å². The first-order valence-corrected chi connectivity index (χ1v) is 5.92. The summed E-state index contributed by atoms with van der Waals surface area (Å²) in [7, 11) is 0. The molecule has 6 nitrogen and oxygen atoms in total. The third kappa shape index (κ3) is 3.01. The van der Waals surface area contributed by atoms with E-state index in [2.05, 4.69) is 20.4 Å². The fourth-order valence-electron chi connectivity index (χ4n) is 1.59. The van der Waals surface area contributed by atoms with Gasteiger partial charge in [-0.1, -0.05) is 12.2 Å². The van der Waals surface area contributed by atoms with Crippen molar-refractivity contribution in [2.24, 2.45) is 5.73 Å². The van der Waals surface area contributed by atoms with Crippen molar-refractivity contribution in [3.8, 4) is 0 Å². The Bertz CT molecular complexity index is 524. The van der Waals surface area contributed by atoms with E-state index in [0.29, 0.717) is 11.5 Å². The number of nitrogens with zero attached hydrogens (tertiary/aromatic N) is 4. The smallest absolute Gasteiger partial charge is 0.155 e. The van der Waals surface area contributed by atoms with Gasteiger partial charge in [-0.2, -0.15) is 5.10 Å². The summed E-state index contributed by atoms with van der Waals surface area (Å²) in [5, 5.41) is 7.37. The topological polar surface area (TPSA) is 81.7 Å². The molecule has 3 N–H and O–H groups in total. The summed E-state index contributed by atoms with van der Waals surface area (Å²) in [6.45, 7) is 2.75. The molecule has 18 heavy (non-hydrogen) atoms. The fourth-order valence-corrected chi connectivity index (χ4v) is 1.74. The molecule has 1 unspecified atom stereocenters. The first-order chi connectivity index (χ1) is 8.66. The van der Waals surface area contributed by atoms with Gasteiger partial charge in [0.15, 0.2) is 5.82 Å². The highest BCUT2D eigenvalue weighted by Gasteiger charge is 2.10. The Labute approximate surface area is 110 Å². The Kier molecular flexibility index (Phi) is 3.83. The molecule has 0 aliphatic carbocycles. The van der Waals surface area contributed by atoms with Gasteiger partial charge in [-0.25, -0.2) is 9.97 Å². The van der Waals surface area contributed by atoms with Gasteiger partial charge in [0.1, 0.15) is 10.7 Å². The Balaban J connectivity index is 2.07. The molecule has 0 fully saturated rings. The molecule has 0 aliphatic rings. The highest BCUT2D eigenvalue weighted by molar-refractivity contribution is 7.80. The Morgan fingerprint density at radius 3 is 2.89 bits per heavy atom. The van der Waals surface area contributed by atoms with E-state index in [0.717, 1.165) is 6.54 Å². The lowest BCUT2D eigenvalue weighted by atomic mass is 10.3. The van der Waals surface area contributed by atoms with Crippen LogP contribution in [0.15, 0.2) is 30.9 Å². The van der Waals surface area contributed by atoms with Gasteiger partial charge in [-0.05, 0) is 13.0 Å². The molecule has 0 saturated carbocycles. The van der Waals surface area contributed by atoms with Crippen LogP contribution >= 0.6 is 12.2 Å². The molecule has 0 aliphatic heterocycles. The normalized spacial score (nSPS) is 12.1. The summed E-state index contributed by atoms with van der Waals surface area (Å²) < 4.78 is 1.84. The maximum atomic E-state index is 5.60. The molecule has 1 atom stereocenters. The zero-order valence-electron chi connectivity index (χ0n) is 9.95. The minimum absolute atomic E-state index is 0.134. The van der Waals surface area contributed by atoms with Crippen LogP contribution in [-0.4, -0.2) is 30.8 Å². The zero-order chi connectivity index (χ0) is 13.0. The Hall–Kier alpha value is -2.02. The second-order valence-corrected chi connectivity index (χ2v) is 4.33. The van der Waals surface area contributed by atoms with Crippen LogP contribution in [0.4, 0.5) is 5.82 Å². The minimum Gasteiger partial charge on any atom is -0.388 e. The first kappa shape index (κ1) is 12.4. The van der Waals surface area contributed by atoms with Crippen LogP contribution in [0.1, 0.15) is 12.6 Å². The third-order valence-electron chi connectivity index (χ3n) is 2.33. The molecule has 94 valence electrons. The van der Waals surface area contributed by atoms with Crippen LogP contribution in [0, 0.1) is 0 Å². The zero-order valence-corrected chi connectivity index (χ0v) is 10.8. The van der Waals surface area contributed by atoms with Crippen molar-refractivity contribution in [1.29, 1.82) is 0 Å². The second-order valence-electron chi connectivity index (χ2n) is 3.89. The summed E-state index contributed by atoms with van der Waals surface area (Å²) in [4.78, 5) is 8.55. The van der Waals surface area contributed by atoms with Crippen LogP contribution in [0.2, 0.25) is 0 Å². The van der Waals surface area contributed by atoms with Gasteiger partial charge in [-0.15, -0.1) is 0 Å². The van der Waals surface area contributed by atoms with Crippen LogP contribution in [0.3, 0.4) is 0 Å². The van der Waals surface area contributed by atoms with E-state index in [-0.39, 0.29) is 11.0 Å². The Morgan fingerprint density at radius 1 is 1.44 bits per heavy atom. The van der Waals surface area contributed by atoms with Crippen LogP contribution in [0.5, 0.6) is 0 Å². The van der Waals surface area contributed by atoms with E-state index in [9.17, 15) is 0 Å². The average Bonchev–Trinajstić information content (AvgIpc) is 2.82. The molecule has 2 rings (SSSR count). The summed E-state index contributed by atoms with van der Waals surface area (Å²) in [6.07, 6.45) is 6.82. The predicted octanol–water partition coefficient (Wildman–Crippen LogP) is 0.808. The molecular weight excluding hydrogens is 248 g/mol. The standard InChI is InChI=1S/C11H14N6S/c1-8(7-17-6-2-3-15-17)16-11-9(10(12)18)13-4-5-14-11/h2-6,8H,7H2,1H3,(H2,12,18)(H,14,16).